The first-order valence-corrected chi connectivity index (χ1v) is 10.5. The largest absolute Gasteiger partial charge is 0.327 e. The minimum atomic E-state index is 0.438. The Balaban J connectivity index is 3.14. The van der Waals surface area contributed by atoms with Crippen molar-refractivity contribution in [2.75, 3.05) is 0 Å². The van der Waals surface area contributed by atoms with Crippen molar-refractivity contribution >= 4 is 0 Å². The van der Waals surface area contributed by atoms with E-state index in [1.165, 1.54) is 103 Å². The standard InChI is InChI=1S/C21H45N/c1-4-6-7-8-9-10-11-12-13-14-15-16-17-19-21(22)20(3)18-5-2/h20-21H,4-19,22H2,1-3H3. The maximum absolute atomic E-state index is 6.24. The molecule has 0 aromatic heterocycles. The summed E-state index contributed by atoms with van der Waals surface area (Å²) in [5, 5.41) is 0. The van der Waals surface area contributed by atoms with Crippen LogP contribution in [0.4, 0.5) is 0 Å². The van der Waals surface area contributed by atoms with Crippen molar-refractivity contribution in [3.05, 3.63) is 0 Å². The van der Waals surface area contributed by atoms with E-state index in [4.69, 9.17) is 5.73 Å². The smallest absolute Gasteiger partial charge is 0.00645 e. The van der Waals surface area contributed by atoms with Crippen LogP contribution < -0.4 is 5.73 Å². The number of rotatable bonds is 17. The molecular weight excluding hydrogens is 266 g/mol. The van der Waals surface area contributed by atoms with Gasteiger partial charge >= 0.3 is 0 Å². The summed E-state index contributed by atoms with van der Waals surface area (Å²) in [4.78, 5) is 0. The van der Waals surface area contributed by atoms with Gasteiger partial charge in [0.1, 0.15) is 0 Å². The molecule has 0 saturated heterocycles. The van der Waals surface area contributed by atoms with Gasteiger partial charge in [0, 0.05) is 6.04 Å². The van der Waals surface area contributed by atoms with Crippen LogP contribution in [0.5, 0.6) is 0 Å². The molecule has 1 heteroatoms. The predicted molar refractivity (Wildman–Crippen MR) is 102 cm³/mol. The van der Waals surface area contributed by atoms with E-state index in [1.54, 1.807) is 0 Å². The monoisotopic (exact) mass is 311 g/mol. The van der Waals surface area contributed by atoms with Gasteiger partial charge in [-0.15, -0.1) is 0 Å². The van der Waals surface area contributed by atoms with Crippen molar-refractivity contribution in [3.8, 4) is 0 Å². The molecule has 0 fully saturated rings. The van der Waals surface area contributed by atoms with E-state index in [0.29, 0.717) is 12.0 Å². The third-order valence-corrected chi connectivity index (χ3v) is 5.12. The van der Waals surface area contributed by atoms with Crippen LogP contribution in [0.25, 0.3) is 0 Å². The second-order valence-electron chi connectivity index (χ2n) is 7.46. The average Bonchev–Trinajstić information content (AvgIpc) is 2.51. The van der Waals surface area contributed by atoms with Crippen molar-refractivity contribution < 1.29 is 0 Å². The number of nitrogens with two attached hydrogens (primary N) is 1. The summed E-state index contributed by atoms with van der Waals surface area (Å²) in [5.74, 6) is 0.710. The molecule has 0 spiro atoms. The van der Waals surface area contributed by atoms with E-state index in [0.717, 1.165) is 0 Å². The lowest BCUT2D eigenvalue weighted by Gasteiger charge is -2.19. The van der Waals surface area contributed by atoms with Crippen LogP contribution in [0.15, 0.2) is 0 Å². The molecule has 22 heavy (non-hydrogen) atoms. The molecule has 2 N–H and O–H groups in total. The molecule has 1 nitrogen and oxygen atoms in total. The Bertz CT molecular complexity index is 202. The average molecular weight is 312 g/mol. The van der Waals surface area contributed by atoms with Gasteiger partial charge in [-0.3, -0.25) is 0 Å². The zero-order chi connectivity index (χ0) is 16.5. The molecule has 2 unspecified atom stereocenters. The summed E-state index contributed by atoms with van der Waals surface area (Å²) < 4.78 is 0. The second kappa shape index (κ2) is 17.3. The van der Waals surface area contributed by atoms with Gasteiger partial charge < -0.3 is 5.73 Å². The lowest BCUT2D eigenvalue weighted by Crippen LogP contribution is -2.27. The van der Waals surface area contributed by atoms with E-state index in [2.05, 4.69) is 20.8 Å². The Hall–Kier alpha value is -0.0400. The molecule has 0 aromatic rings. The van der Waals surface area contributed by atoms with E-state index < -0.39 is 0 Å². The zero-order valence-corrected chi connectivity index (χ0v) is 16.0. The van der Waals surface area contributed by atoms with Crippen LogP contribution >= 0.6 is 0 Å². The topological polar surface area (TPSA) is 26.0 Å². The van der Waals surface area contributed by atoms with E-state index in [-0.39, 0.29) is 0 Å². The van der Waals surface area contributed by atoms with E-state index >= 15 is 0 Å². The van der Waals surface area contributed by atoms with Crippen LogP contribution in [-0.4, -0.2) is 6.04 Å². The van der Waals surface area contributed by atoms with E-state index in [9.17, 15) is 0 Å². The Morgan fingerprint density at radius 3 is 1.36 bits per heavy atom. The summed E-state index contributed by atoms with van der Waals surface area (Å²) in [6.45, 7) is 6.87. The van der Waals surface area contributed by atoms with Gasteiger partial charge in [0.2, 0.25) is 0 Å². The molecule has 0 aromatic carbocycles. The van der Waals surface area contributed by atoms with Crippen LogP contribution in [0.3, 0.4) is 0 Å². The molecule has 0 aliphatic rings. The molecule has 134 valence electrons. The van der Waals surface area contributed by atoms with Crippen LogP contribution in [0, 0.1) is 5.92 Å². The van der Waals surface area contributed by atoms with Crippen LogP contribution in [0.1, 0.15) is 124 Å². The van der Waals surface area contributed by atoms with Crippen molar-refractivity contribution in [3.63, 3.8) is 0 Å². The van der Waals surface area contributed by atoms with Gasteiger partial charge in [-0.2, -0.15) is 0 Å². The molecule has 0 heterocycles. The fraction of sp³-hybridized carbons (Fsp3) is 1.00. The maximum Gasteiger partial charge on any atom is 0.00645 e. The third kappa shape index (κ3) is 14.9. The molecule has 0 bridgehead atoms. The molecule has 0 saturated carbocycles. The highest BCUT2D eigenvalue weighted by Gasteiger charge is 2.10. The molecule has 0 aliphatic carbocycles. The number of unbranched alkanes of at least 4 members (excludes halogenated alkanes) is 12. The SMILES string of the molecule is CCCCCCCCCCCCCCCC(N)C(C)CCC. The minimum Gasteiger partial charge on any atom is -0.327 e. The number of hydrogen-bond acceptors (Lipinski definition) is 1. The van der Waals surface area contributed by atoms with Crippen molar-refractivity contribution in [1.29, 1.82) is 0 Å². The first-order valence-electron chi connectivity index (χ1n) is 10.5. The van der Waals surface area contributed by atoms with Gasteiger partial charge in [0.15, 0.2) is 0 Å². The van der Waals surface area contributed by atoms with Gasteiger partial charge in [0.25, 0.3) is 0 Å². The molecule has 2 atom stereocenters. The third-order valence-electron chi connectivity index (χ3n) is 5.12. The van der Waals surface area contributed by atoms with Crippen molar-refractivity contribution in [1.82, 2.24) is 0 Å². The fourth-order valence-electron chi connectivity index (χ4n) is 3.35. The molecular formula is C21H45N. The Morgan fingerprint density at radius 1 is 0.545 bits per heavy atom. The minimum absolute atomic E-state index is 0.438. The lowest BCUT2D eigenvalue weighted by molar-refractivity contribution is 0.388. The first-order chi connectivity index (χ1) is 10.7. The second-order valence-corrected chi connectivity index (χ2v) is 7.46. The van der Waals surface area contributed by atoms with Crippen molar-refractivity contribution in [2.45, 2.75) is 130 Å². The summed E-state index contributed by atoms with van der Waals surface area (Å²) in [6, 6.07) is 0.438. The van der Waals surface area contributed by atoms with E-state index in [1.807, 2.05) is 0 Å². The maximum atomic E-state index is 6.24. The van der Waals surface area contributed by atoms with Crippen LogP contribution in [0.2, 0.25) is 0 Å². The highest BCUT2D eigenvalue weighted by atomic mass is 14.6. The molecule has 0 amide bonds. The number of hydrogen-bond donors (Lipinski definition) is 1. The Labute approximate surface area is 141 Å². The quantitative estimate of drug-likeness (QED) is 0.282. The highest BCUT2D eigenvalue weighted by Crippen LogP contribution is 2.16. The highest BCUT2D eigenvalue weighted by molar-refractivity contribution is 4.68. The van der Waals surface area contributed by atoms with Crippen LogP contribution in [-0.2, 0) is 0 Å². The first kappa shape index (κ1) is 22.0. The summed E-state index contributed by atoms with van der Waals surface area (Å²) in [6.07, 6.45) is 22.4. The summed E-state index contributed by atoms with van der Waals surface area (Å²) in [7, 11) is 0. The summed E-state index contributed by atoms with van der Waals surface area (Å²) >= 11 is 0. The van der Waals surface area contributed by atoms with Crippen molar-refractivity contribution in [2.24, 2.45) is 11.7 Å². The lowest BCUT2D eigenvalue weighted by atomic mass is 9.93. The molecule has 0 rings (SSSR count). The zero-order valence-electron chi connectivity index (χ0n) is 16.0. The predicted octanol–water partition coefficient (Wildman–Crippen LogP) is 7.23. The Morgan fingerprint density at radius 2 is 0.955 bits per heavy atom. The van der Waals surface area contributed by atoms with Gasteiger partial charge in [0.05, 0.1) is 0 Å². The van der Waals surface area contributed by atoms with Gasteiger partial charge in [-0.25, -0.2) is 0 Å². The fourth-order valence-corrected chi connectivity index (χ4v) is 3.35. The van der Waals surface area contributed by atoms with Gasteiger partial charge in [-0.1, -0.05) is 111 Å². The Kier molecular flexibility index (Phi) is 17.3. The molecule has 0 aliphatic heterocycles. The normalized spacial score (nSPS) is 14.2. The summed E-state index contributed by atoms with van der Waals surface area (Å²) in [5.41, 5.74) is 6.24. The van der Waals surface area contributed by atoms with Gasteiger partial charge in [-0.05, 0) is 18.8 Å². The molecule has 0 radical (unpaired) electrons.